The van der Waals surface area contributed by atoms with Gasteiger partial charge in [-0.05, 0) is 63.6 Å². The number of unbranched alkanes of at least 4 members (excludes halogenated alkanes) is 1. The Kier molecular flexibility index (Phi) is 11.8. The molecule has 0 atom stereocenters. The average Bonchev–Trinajstić information content (AvgIpc) is 2.90. The molecule has 5 nitrogen and oxygen atoms in total. The molecule has 0 aromatic heterocycles. The normalized spacial score (nSPS) is 17.4. The highest BCUT2D eigenvalue weighted by atomic mass is 35.5. The van der Waals surface area contributed by atoms with Gasteiger partial charge in [-0.3, -0.25) is 9.80 Å². The molecule has 2 saturated heterocycles. The number of benzene rings is 2. The summed E-state index contributed by atoms with van der Waals surface area (Å²) in [6.45, 7) is 12.1. The summed E-state index contributed by atoms with van der Waals surface area (Å²) in [6.07, 6.45) is -2.91. The van der Waals surface area contributed by atoms with Crippen molar-refractivity contribution < 1.29 is 17.9 Å². The molecule has 4 rings (SSSR count). The van der Waals surface area contributed by atoms with Crippen molar-refractivity contribution in [1.82, 2.24) is 9.80 Å². The zero-order chi connectivity index (χ0) is 27.3. The Morgan fingerprint density at radius 3 is 2.18 bits per heavy atom. The van der Waals surface area contributed by atoms with E-state index >= 15 is 0 Å². The second-order valence-corrected chi connectivity index (χ2v) is 11.0. The summed E-state index contributed by atoms with van der Waals surface area (Å²) < 4.78 is 47.2. The molecule has 2 aliphatic rings. The standard InChI is InChI=1S/C28H37Cl2F3N4O.ClH/c1-21(2)35-15-17-36(18-16-35)22-8-9-26(23(20-22)28(31,32)33)38-19-4-3-10-34-11-13-37(14-12-34)25-7-5-6-24(29)27(25)30;/h5-9,20-21H,3-4,10-19H2,1-2H3;1H. The molecule has 218 valence electrons. The molecule has 0 unspecified atom stereocenters. The van der Waals surface area contributed by atoms with Crippen LogP contribution in [0.4, 0.5) is 24.5 Å². The van der Waals surface area contributed by atoms with E-state index in [1.165, 1.54) is 12.1 Å². The lowest BCUT2D eigenvalue weighted by atomic mass is 10.1. The molecule has 2 aromatic carbocycles. The van der Waals surface area contributed by atoms with E-state index in [9.17, 15) is 13.2 Å². The van der Waals surface area contributed by atoms with Crippen molar-refractivity contribution in [3.63, 3.8) is 0 Å². The van der Waals surface area contributed by atoms with Crippen molar-refractivity contribution in [3.05, 3.63) is 52.0 Å². The summed E-state index contributed by atoms with van der Waals surface area (Å²) in [5, 5.41) is 1.14. The van der Waals surface area contributed by atoms with Crippen molar-refractivity contribution in [3.8, 4) is 5.75 Å². The molecule has 2 heterocycles. The number of hydrogen-bond donors (Lipinski definition) is 0. The van der Waals surface area contributed by atoms with Crippen LogP contribution in [0.1, 0.15) is 32.3 Å². The van der Waals surface area contributed by atoms with Crippen molar-refractivity contribution in [2.45, 2.75) is 38.9 Å². The van der Waals surface area contributed by atoms with E-state index in [2.05, 4.69) is 28.5 Å². The van der Waals surface area contributed by atoms with Gasteiger partial charge < -0.3 is 14.5 Å². The first-order valence-electron chi connectivity index (χ1n) is 13.4. The molecule has 0 radical (unpaired) electrons. The summed E-state index contributed by atoms with van der Waals surface area (Å²) in [6, 6.07) is 10.6. The van der Waals surface area contributed by atoms with Crippen LogP contribution in [-0.2, 0) is 6.18 Å². The Balaban J connectivity index is 0.00000420. The van der Waals surface area contributed by atoms with E-state index in [1.54, 1.807) is 12.1 Å². The van der Waals surface area contributed by atoms with Crippen molar-refractivity contribution >= 4 is 47.0 Å². The fourth-order valence-electron chi connectivity index (χ4n) is 5.13. The highest BCUT2D eigenvalue weighted by Gasteiger charge is 2.35. The number of alkyl halides is 3. The smallest absolute Gasteiger partial charge is 0.420 e. The van der Waals surface area contributed by atoms with E-state index in [4.69, 9.17) is 27.9 Å². The highest BCUT2D eigenvalue weighted by molar-refractivity contribution is 6.43. The van der Waals surface area contributed by atoms with Gasteiger partial charge in [-0.25, -0.2) is 0 Å². The van der Waals surface area contributed by atoms with E-state index < -0.39 is 11.7 Å². The van der Waals surface area contributed by atoms with E-state index in [0.717, 1.165) is 71.0 Å². The first-order valence-corrected chi connectivity index (χ1v) is 14.1. The summed E-state index contributed by atoms with van der Waals surface area (Å²) in [4.78, 5) is 8.97. The number of nitrogens with zero attached hydrogens (tertiary/aromatic N) is 4. The molecule has 0 amide bonds. The van der Waals surface area contributed by atoms with Crippen LogP contribution < -0.4 is 14.5 Å². The lowest BCUT2D eigenvalue weighted by molar-refractivity contribution is -0.138. The number of halogens is 6. The lowest BCUT2D eigenvalue weighted by Crippen LogP contribution is -2.48. The summed E-state index contributed by atoms with van der Waals surface area (Å²) in [5.74, 6) is -0.0888. The van der Waals surface area contributed by atoms with Crippen LogP contribution >= 0.6 is 35.6 Å². The molecule has 0 saturated carbocycles. The predicted octanol–water partition coefficient (Wildman–Crippen LogP) is 6.95. The molecular formula is C28H38Cl3F3N4O. The van der Waals surface area contributed by atoms with Crippen molar-refractivity contribution in [2.24, 2.45) is 0 Å². The maximum absolute atomic E-state index is 13.8. The minimum atomic E-state index is -4.46. The molecule has 2 fully saturated rings. The molecule has 0 N–H and O–H groups in total. The van der Waals surface area contributed by atoms with Crippen LogP contribution in [0.3, 0.4) is 0 Å². The first-order chi connectivity index (χ1) is 18.1. The quantitative estimate of drug-likeness (QED) is 0.286. The molecule has 11 heteroatoms. The van der Waals surface area contributed by atoms with E-state index in [1.807, 2.05) is 17.0 Å². The van der Waals surface area contributed by atoms with Crippen LogP contribution in [0.15, 0.2) is 36.4 Å². The number of hydrogen-bond acceptors (Lipinski definition) is 5. The monoisotopic (exact) mass is 608 g/mol. The number of piperazine rings is 2. The Bertz CT molecular complexity index is 1060. The van der Waals surface area contributed by atoms with E-state index in [0.29, 0.717) is 28.2 Å². The molecule has 2 aliphatic heterocycles. The van der Waals surface area contributed by atoms with E-state index in [-0.39, 0.29) is 24.8 Å². The average molecular weight is 610 g/mol. The third-order valence-electron chi connectivity index (χ3n) is 7.45. The topological polar surface area (TPSA) is 22.2 Å². The Morgan fingerprint density at radius 2 is 1.54 bits per heavy atom. The van der Waals surface area contributed by atoms with Crippen molar-refractivity contribution in [1.29, 1.82) is 0 Å². The SMILES string of the molecule is CC(C)N1CCN(c2ccc(OCCCCN3CCN(c4cccc(Cl)c4Cl)CC3)c(C(F)(F)F)c2)CC1.Cl. The first kappa shape index (κ1) is 31.9. The van der Waals surface area contributed by atoms with Crippen molar-refractivity contribution in [2.75, 3.05) is 75.3 Å². The fourth-order valence-corrected chi connectivity index (χ4v) is 5.54. The molecule has 39 heavy (non-hydrogen) atoms. The third kappa shape index (κ3) is 8.46. The summed E-state index contributed by atoms with van der Waals surface area (Å²) in [5.41, 5.74) is 0.861. The largest absolute Gasteiger partial charge is 0.493 e. The van der Waals surface area contributed by atoms with Crippen LogP contribution in [0.25, 0.3) is 0 Å². The Hall–Kier alpha value is -1.58. The molecule has 2 aromatic rings. The molecule has 0 aliphatic carbocycles. The minimum Gasteiger partial charge on any atom is -0.493 e. The molecular weight excluding hydrogens is 572 g/mol. The van der Waals surface area contributed by atoms with Gasteiger partial charge in [0, 0.05) is 64.1 Å². The van der Waals surface area contributed by atoms with Gasteiger partial charge in [0.15, 0.2) is 0 Å². The van der Waals surface area contributed by atoms with Crippen LogP contribution in [0.5, 0.6) is 5.75 Å². The second-order valence-electron chi connectivity index (χ2n) is 10.3. The van der Waals surface area contributed by atoms with Gasteiger partial charge in [0.2, 0.25) is 0 Å². The van der Waals surface area contributed by atoms with Gasteiger partial charge in [-0.1, -0.05) is 29.3 Å². The second kappa shape index (κ2) is 14.4. The minimum absolute atomic E-state index is 0. The zero-order valence-corrected chi connectivity index (χ0v) is 24.9. The zero-order valence-electron chi connectivity index (χ0n) is 22.5. The Morgan fingerprint density at radius 1 is 0.872 bits per heavy atom. The number of rotatable bonds is 9. The third-order valence-corrected chi connectivity index (χ3v) is 8.26. The fraction of sp³-hybridized carbons (Fsp3) is 0.571. The van der Waals surface area contributed by atoms with Crippen LogP contribution in [0.2, 0.25) is 10.0 Å². The van der Waals surface area contributed by atoms with Gasteiger partial charge in [0.25, 0.3) is 0 Å². The molecule has 0 bridgehead atoms. The maximum atomic E-state index is 13.8. The van der Waals surface area contributed by atoms with Gasteiger partial charge in [0.1, 0.15) is 5.75 Å². The predicted molar refractivity (Wildman–Crippen MR) is 157 cm³/mol. The lowest BCUT2D eigenvalue weighted by Gasteiger charge is -2.38. The van der Waals surface area contributed by atoms with Crippen LogP contribution in [-0.4, -0.2) is 81.4 Å². The summed E-state index contributed by atoms with van der Waals surface area (Å²) in [7, 11) is 0. The van der Waals surface area contributed by atoms with Gasteiger partial charge in [-0.2, -0.15) is 13.2 Å². The molecule has 0 spiro atoms. The highest BCUT2D eigenvalue weighted by Crippen LogP contribution is 2.39. The van der Waals surface area contributed by atoms with Gasteiger partial charge in [-0.15, -0.1) is 12.4 Å². The summed E-state index contributed by atoms with van der Waals surface area (Å²) >= 11 is 12.5. The Labute approximate surface area is 246 Å². The maximum Gasteiger partial charge on any atom is 0.420 e. The number of ether oxygens (including phenoxy) is 1. The van der Waals surface area contributed by atoms with Crippen LogP contribution in [0, 0.1) is 0 Å². The van der Waals surface area contributed by atoms with Gasteiger partial charge >= 0.3 is 6.18 Å². The van der Waals surface area contributed by atoms with Gasteiger partial charge in [0.05, 0.1) is 27.9 Å². The number of anilines is 2.